The van der Waals surface area contributed by atoms with Crippen molar-refractivity contribution in [2.45, 2.75) is 38.1 Å². The van der Waals surface area contributed by atoms with Gasteiger partial charge in [0.25, 0.3) is 5.91 Å². The minimum atomic E-state index is -0.668. The number of anilines is 1. The number of likely N-dealkylation sites (tertiary alicyclic amines) is 1. The number of pyridine rings is 1. The molecule has 7 rings (SSSR count). The summed E-state index contributed by atoms with van der Waals surface area (Å²) in [4.78, 5) is 47.5. The lowest BCUT2D eigenvalue weighted by Gasteiger charge is -2.29. The number of methoxy groups -OCH3 is 1. The van der Waals surface area contributed by atoms with Crippen LogP contribution < -0.4 is 15.0 Å². The number of nitrogens with one attached hydrogen (secondary N) is 1. The topological polar surface area (TPSA) is 114 Å². The highest BCUT2D eigenvalue weighted by molar-refractivity contribution is 6.05. The first-order chi connectivity index (χ1) is 21.9. The van der Waals surface area contributed by atoms with Crippen molar-refractivity contribution in [2.24, 2.45) is 5.92 Å². The van der Waals surface area contributed by atoms with Gasteiger partial charge < -0.3 is 24.0 Å². The van der Waals surface area contributed by atoms with Crippen LogP contribution in [0.3, 0.4) is 0 Å². The van der Waals surface area contributed by atoms with Gasteiger partial charge in [0, 0.05) is 75.2 Å². The minimum absolute atomic E-state index is 0.0583. The van der Waals surface area contributed by atoms with Gasteiger partial charge in [-0.1, -0.05) is 6.07 Å². The highest BCUT2D eigenvalue weighted by atomic mass is 19.1. The number of carbonyl (C=O) groups excluding carboxylic acids is 3. The smallest absolute Gasteiger partial charge is 0.255 e. The van der Waals surface area contributed by atoms with Crippen LogP contribution in [0.4, 0.5) is 10.1 Å². The molecule has 3 aromatic rings. The van der Waals surface area contributed by atoms with E-state index in [9.17, 15) is 14.4 Å². The number of hydrogen-bond acceptors (Lipinski definition) is 9. The number of aromatic nitrogens is 1. The molecule has 4 aliphatic rings. The van der Waals surface area contributed by atoms with Crippen molar-refractivity contribution in [3.8, 4) is 5.75 Å². The van der Waals surface area contributed by atoms with Crippen LogP contribution in [0, 0.1) is 11.7 Å². The molecule has 12 heteroatoms. The van der Waals surface area contributed by atoms with Gasteiger partial charge >= 0.3 is 0 Å². The Balaban J connectivity index is 1.05. The fraction of sp³-hybridized carbons (Fsp3) is 0.455. The zero-order valence-electron chi connectivity index (χ0n) is 25.2. The molecule has 0 aliphatic carbocycles. The molecule has 1 aromatic heterocycles. The lowest BCUT2D eigenvalue weighted by Crippen LogP contribution is -2.52. The first-order valence-corrected chi connectivity index (χ1v) is 15.4. The molecule has 5 heterocycles. The standard InChI is InChI=1S/C33H36FN5O6/c1-43-19-22-16-37(15-20-2-5-27-26(31(20)34)13-23(14-35-27)38-8-10-44-11-9-38)18-29(22)45-24-3-4-25-21(12-24)17-39(33(25)42)28-6-7-30(40)36-32(28)41/h2-5,12-14,22,28-29H,6-11,15-19H2,1H3,(H,36,40,41)/t22-,28-,29+/m0/s1. The largest absolute Gasteiger partial charge is 0.489 e. The number of imide groups is 1. The molecule has 45 heavy (non-hydrogen) atoms. The van der Waals surface area contributed by atoms with Gasteiger partial charge in [0.15, 0.2) is 0 Å². The summed E-state index contributed by atoms with van der Waals surface area (Å²) in [6.07, 6.45) is 2.11. The van der Waals surface area contributed by atoms with E-state index in [1.807, 2.05) is 24.3 Å². The molecule has 4 aliphatic heterocycles. The van der Waals surface area contributed by atoms with E-state index in [-0.39, 0.29) is 42.6 Å². The maximum atomic E-state index is 15.9. The van der Waals surface area contributed by atoms with Gasteiger partial charge in [-0.2, -0.15) is 0 Å². The third-order valence-electron chi connectivity index (χ3n) is 9.25. The first kappa shape index (κ1) is 29.6. The number of piperidine rings is 1. The Morgan fingerprint density at radius 1 is 1.09 bits per heavy atom. The summed E-state index contributed by atoms with van der Waals surface area (Å²) in [6.45, 7) is 5.23. The fourth-order valence-electron chi connectivity index (χ4n) is 6.92. The van der Waals surface area contributed by atoms with Gasteiger partial charge in [-0.05, 0) is 42.3 Å². The zero-order chi connectivity index (χ0) is 31.1. The number of benzene rings is 2. The van der Waals surface area contributed by atoms with Crippen LogP contribution in [-0.4, -0.2) is 97.8 Å². The molecule has 3 amide bonds. The molecule has 11 nitrogen and oxygen atoms in total. The molecule has 0 unspecified atom stereocenters. The van der Waals surface area contributed by atoms with E-state index in [0.29, 0.717) is 73.7 Å². The van der Waals surface area contributed by atoms with E-state index in [4.69, 9.17) is 14.2 Å². The van der Waals surface area contributed by atoms with Crippen molar-refractivity contribution >= 4 is 34.3 Å². The van der Waals surface area contributed by atoms with Crippen LogP contribution in [0.1, 0.15) is 34.3 Å². The second-order valence-electron chi connectivity index (χ2n) is 12.2. The van der Waals surface area contributed by atoms with Gasteiger partial charge in [-0.15, -0.1) is 0 Å². The zero-order valence-corrected chi connectivity index (χ0v) is 25.2. The van der Waals surface area contributed by atoms with Gasteiger partial charge in [0.2, 0.25) is 11.8 Å². The van der Waals surface area contributed by atoms with Crippen LogP contribution in [0.25, 0.3) is 10.9 Å². The Kier molecular flexibility index (Phi) is 8.11. The molecule has 2 aromatic carbocycles. The van der Waals surface area contributed by atoms with Gasteiger partial charge in [0.05, 0.1) is 37.2 Å². The Morgan fingerprint density at radius 2 is 1.93 bits per heavy atom. The lowest BCUT2D eigenvalue weighted by molar-refractivity contribution is -0.136. The lowest BCUT2D eigenvalue weighted by atomic mass is 10.0. The Bertz CT molecular complexity index is 1650. The van der Waals surface area contributed by atoms with Crippen LogP contribution >= 0.6 is 0 Å². The molecule has 3 fully saturated rings. The monoisotopic (exact) mass is 617 g/mol. The van der Waals surface area contributed by atoms with E-state index in [0.717, 1.165) is 24.3 Å². The number of hydrogen-bond donors (Lipinski definition) is 1. The van der Waals surface area contributed by atoms with Crippen molar-refractivity contribution in [1.29, 1.82) is 0 Å². The summed E-state index contributed by atoms with van der Waals surface area (Å²) in [5.41, 5.74) is 3.44. The highest BCUT2D eigenvalue weighted by Gasteiger charge is 2.40. The van der Waals surface area contributed by atoms with E-state index >= 15 is 4.39 Å². The first-order valence-electron chi connectivity index (χ1n) is 15.4. The van der Waals surface area contributed by atoms with Gasteiger partial charge in [0.1, 0.15) is 23.7 Å². The normalized spacial score (nSPS) is 24.0. The van der Waals surface area contributed by atoms with Crippen LogP contribution in [-0.2, 0) is 32.2 Å². The quantitative estimate of drug-likeness (QED) is 0.381. The molecule has 3 atom stereocenters. The maximum absolute atomic E-state index is 15.9. The fourth-order valence-corrected chi connectivity index (χ4v) is 6.92. The molecular formula is C33H36FN5O6. The van der Waals surface area contributed by atoms with Gasteiger partial charge in [-0.25, -0.2) is 4.39 Å². The highest BCUT2D eigenvalue weighted by Crippen LogP contribution is 2.33. The number of rotatable bonds is 8. The molecule has 0 bridgehead atoms. The second kappa shape index (κ2) is 12.3. The molecular weight excluding hydrogens is 581 g/mol. The number of halogens is 1. The van der Waals surface area contributed by atoms with Crippen molar-refractivity contribution in [3.05, 3.63) is 65.1 Å². The number of ether oxygens (including phenoxy) is 3. The third-order valence-corrected chi connectivity index (χ3v) is 9.25. The summed E-state index contributed by atoms with van der Waals surface area (Å²) < 4.78 is 33.3. The molecule has 1 N–H and O–H groups in total. The van der Waals surface area contributed by atoms with Crippen LogP contribution in [0.2, 0.25) is 0 Å². The predicted octanol–water partition coefficient (Wildman–Crippen LogP) is 2.50. The van der Waals surface area contributed by atoms with Crippen molar-refractivity contribution in [3.63, 3.8) is 0 Å². The maximum Gasteiger partial charge on any atom is 0.255 e. The average Bonchev–Trinajstić information content (AvgIpc) is 3.57. The summed E-state index contributed by atoms with van der Waals surface area (Å²) in [5.74, 6) is -0.549. The molecule has 0 radical (unpaired) electrons. The van der Waals surface area contributed by atoms with E-state index in [1.54, 1.807) is 25.4 Å². The molecule has 0 spiro atoms. The number of morpholine rings is 1. The third kappa shape index (κ3) is 5.85. The average molecular weight is 618 g/mol. The molecule has 0 saturated carbocycles. The molecule has 236 valence electrons. The Labute approximate surface area is 260 Å². The number of nitrogens with zero attached hydrogens (tertiary/aromatic N) is 4. The van der Waals surface area contributed by atoms with Crippen molar-refractivity contribution < 1.29 is 33.0 Å². The van der Waals surface area contributed by atoms with E-state index in [1.165, 1.54) is 4.90 Å². The van der Waals surface area contributed by atoms with Crippen LogP contribution in [0.5, 0.6) is 5.75 Å². The SMILES string of the molecule is COC[C@@H]1CN(Cc2ccc3ncc(N4CCOCC4)cc3c2F)C[C@H]1Oc1ccc2c(c1)CN([C@H]1CCC(=O)NC1=O)C2=O. The summed E-state index contributed by atoms with van der Waals surface area (Å²) in [6, 6.07) is 10.3. The predicted molar refractivity (Wildman–Crippen MR) is 162 cm³/mol. The second-order valence-corrected chi connectivity index (χ2v) is 12.2. The van der Waals surface area contributed by atoms with Crippen molar-refractivity contribution in [1.82, 2.24) is 20.1 Å². The number of carbonyl (C=O) groups is 3. The Hall–Kier alpha value is -4.13. The van der Waals surface area contributed by atoms with E-state index in [2.05, 4.69) is 20.1 Å². The summed E-state index contributed by atoms with van der Waals surface area (Å²) in [5, 5.41) is 2.84. The van der Waals surface area contributed by atoms with E-state index < -0.39 is 11.9 Å². The van der Waals surface area contributed by atoms with Crippen LogP contribution in [0.15, 0.2) is 42.6 Å². The number of amides is 3. The summed E-state index contributed by atoms with van der Waals surface area (Å²) >= 11 is 0. The molecule has 3 saturated heterocycles. The summed E-state index contributed by atoms with van der Waals surface area (Å²) in [7, 11) is 1.66. The minimum Gasteiger partial charge on any atom is -0.489 e. The Morgan fingerprint density at radius 3 is 2.73 bits per heavy atom. The number of fused-ring (bicyclic) bond motifs is 2. The van der Waals surface area contributed by atoms with Gasteiger partial charge in [-0.3, -0.25) is 29.6 Å². The van der Waals surface area contributed by atoms with Crippen molar-refractivity contribution in [2.75, 3.05) is 58.0 Å².